The molecule has 1 saturated carbocycles. The first-order valence-corrected chi connectivity index (χ1v) is 9.26. The lowest BCUT2D eigenvalue weighted by molar-refractivity contribution is -0.111. The Labute approximate surface area is 154 Å². The molecule has 0 bridgehead atoms. The van der Waals surface area contributed by atoms with Crippen molar-refractivity contribution in [2.45, 2.75) is 26.7 Å². The SMILES string of the molecule is CCN(CC)CC=CC(=O)Nc1cc2cncnc2cc1OCC1CC1. The molecule has 1 amide bonds. The van der Waals surface area contributed by atoms with Gasteiger partial charge in [0, 0.05) is 30.3 Å². The summed E-state index contributed by atoms with van der Waals surface area (Å²) in [7, 11) is 0. The number of fused-ring (bicyclic) bond motifs is 1. The van der Waals surface area contributed by atoms with Crippen molar-refractivity contribution in [1.29, 1.82) is 0 Å². The molecule has 0 aliphatic heterocycles. The minimum Gasteiger partial charge on any atom is -0.491 e. The molecular weight excluding hydrogens is 328 g/mol. The predicted octanol–water partition coefficient (Wildman–Crippen LogP) is 3.26. The van der Waals surface area contributed by atoms with Gasteiger partial charge in [-0.05, 0) is 37.9 Å². The Morgan fingerprint density at radius 1 is 1.35 bits per heavy atom. The van der Waals surface area contributed by atoms with E-state index in [9.17, 15) is 4.79 Å². The maximum atomic E-state index is 12.3. The van der Waals surface area contributed by atoms with Crippen LogP contribution in [0.15, 0.2) is 36.8 Å². The molecule has 0 radical (unpaired) electrons. The molecule has 0 atom stereocenters. The Morgan fingerprint density at radius 3 is 2.88 bits per heavy atom. The number of carbonyl (C=O) groups is 1. The van der Waals surface area contributed by atoms with Crippen LogP contribution in [0, 0.1) is 5.92 Å². The van der Waals surface area contributed by atoms with Gasteiger partial charge in [-0.15, -0.1) is 0 Å². The fourth-order valence-corrected chi connectivity index (χ4v) is 2.68. The van der Waals surface area contributed by atoms with E-state index >= 15 is 0 Å². The van der Waals surface area contributed by atoms with Gasteiger partial charge in [0.1, 0.15) is 12.1 Å². The number of hydrogen-bond donors (Lipinski definition) is 1. The number of anilines is 1. The van der Waals surface area contributed by atoms with Crippen LogP contribution >= 0.6 is 0 Å². The quantitative estimate of drug-likeness (QED) is 0.700. The highest BCUT2D eigenvalue weighted by molar-refractivity contribution is 6.02. The monoisotopic (exact) mass is 354 g/mol. The molecule has 1 aliphatic carbocycles. The standard InChI is InChI=1S/C20H26N4O2/c1-3-24(4-2)9-5-6-20(25)23-18-10-16-12-21-14-22-17(16)11-19(18)26-13-15-7-8-15/h5-6,10-12,14-15H,3-4,7-9,13H2,1-2H3,(H,23,25). The van der Waals surface area contributed by atoms with E-state index in [1.807, 2.05) is 18.2 Å². The zero-order chi connectivity index (χ0) is 18.4. The van der Waals surface area contributed by atoms with Crippen LogP contribution in [0.1, 0.15) is 26.7 Å². The Hall–Kier alpha value is -2.47. The summed E-state index contributed by atoms with van der Waals surface area (Å²) in [6.07, 6.45) is 9.14. The van der Waals surface area contributed by atoms with Crippen molar-refractivity contribution < 1.29 is 9.53 Å². The molecule has 0 saturated heterocycles. The Kier molecular flexibility index (Phi) is 6.17. The number of benzene rings is 1. The molecule has 6 nitrogen and oxygen atoms in total. The van der Waals surface area contributed by atoms with Crippen LogP contribution in [0.25, 0.3) is 10.9 Å². The van der Waals surface area contributed by atoms with Crippen molar-refractivity contribution in [3.63, 3.8) is 0 Å². The molecule has 1 aromatic heterocycles. The Morgan fingerprint density at radius 2 is 2.15 bits per heavy atom. The van der Waals surface area contributed by atoms with E-state index in [1.165, 1.54) is 19.2 Å². The molecule has 0 unspecified atom stereocenters. The minimum atomic E-state index is -0.162. The molecule has 26 heavy (non-hydrogen) atoms. The molecular formula is C20H26N4O2. The molecule has 1 N–H and O–H groups in total. The number of likely N-dealkylation sites (N-methyl/N-ethyl adjacent to an activating group) is 1. The van der Waals surface area contributed by atoms with Gasteiger partial charge in [-0.1, -0.05) is 19.9 Å². The number of aromatic nitrogens is 2. The van der Waals surface area contributed by atoms with Gasteiger partial charge in [0.25, 0.3) is 0 Å². The molecule has 6 heteroatoms. The number of rotatable bonds is 9. The summed E-state index contributed by atoms with van der Waals surface area (Å²) in [4.78, 5) is 22.9. The molecule has 138 valence electrons. The van der Waals surface area contributed by atoms with Crippen LogP contribution in [0.4, 0.5) is 5.69 Å². The van der Waals surface area contributed by atoms with Gasteiger partial charge in [0.15, 0.2) is 0 Å². The first-order chi connectivity index (χ1) is 12.7. The van der Waals surface area contributed by atoms with E-state index in [-0.39, 0.29) is 5.91 Å². The summed E-state index contributed by atoms with van der Waals surface area (Å²) in [5, 5.41) is 3.80. The highest BCUT2D eigenvalue weighted by Gasteiger charge is 2.22. The number of nitrogens with one attached hydrogen (secondary N) is 1. The third-order valence-corrected chi connectivity index (χ3v) is 4.56. The van der Waals surface area contributed by atoms with Crippen LogP contribution < -0.4 is 10.1 Å². The van der Waals surface area contributed by atoms with E-state index in [1.54, 1.807) is 12.3 Å². The lowest BCUT2D eigenvalue weighted by atomic mass is 10.2. The van der Waals surface area contributed by atoms with Gasteiger partial charge >= 0.3 is 0 Å². The number of amides is 1. The van der Waals surface area contributed by atoms with Crippen LogP contribution in [0.3, 0.4) is 0 Å². The maximum Gasteiger partial charge on any atom is 0.248 e. The first-order valence-electron chi connectivity index (χ1n) is 9.26. The van der Waals surface area contributed by atoms with Gasteiger partial charge < -0.3 is 15.0 Å². The normalized spacial score (nSPS) is 14.3. The highest BCUT2D eigenvalue weighted by atomic mass is 16.5. The molecule has 1 fully saturated rings. The van der Waals surface area contributed by atoms with E-state index in [4.69, 9.17) is 4.74 Å². The molecule has 2 aromatic rings. The number of nitrogens with zero attached hydrogens (tertiary/aromatic N) is 3. The average Bonchev–Trinajstić information content (AvgIpc) is 3.48. The molecule has 0 spiro atoms. The highest BCUT2D eigenvalue weighted by Crippen LogP contribution is 2.33. The topological polar surface area (TPSA) is 67.4 Å². The number of ether oxygens (including phenoxy) is 1. The predicted molar refractivity (Wildman–Crippen MR) is 103 cm³/mol. The van der Waals surface area contributed by atoms with E-state index < -0.39 is 0 Å². The number of carbonyl (C=O) groups excluding carboxylic acids is 1. The summed E-state index contributed by atoms with van der Waals surface area (Å²) in [6, 6.07) is 3.74. The lowest BCUT2D eigenvalue weighted by Gasteiger charge is -2.15. The van der Waals surface area contributed by atoms with Crippen LogP contribution in [-0.4, -0.2) is 47.0 Å². The fraction of sp³-hybridized carbons (Fsp3) is 0.450. The lowest BCUT2D eigenvalue weighted by Crippen LogP contribution is -2.23. The second-order valence-corrected chi connectivity index (χ2v) is 6.56. The van der Waals surface area contributed by atoms with Crippen molar-refractivity contribution >= 4 is 22.5 Å². The largest absolute Gasteiger partial charge is 0.491 e. The van der Waals surface area contributed by atoms with Gasteiger partial charge in [-0.3, -0.25) is 4.79 Å². The Balaban J connectivity index is 1.72. The van der Waals surface area contributed by atoms with Crippen molar-refractivity contribution in [3.8, 4) is 5.75 Å². The molecule has 3 rings (SSSR count). The summed E-state index contributed by atoms with van der Waals surface area (Å²) in [6.45, 7) is 7.59. The van der Waals surface area contributed by atoms with Crippen molar-refractivity contribution in [2.75, 3.05) is 31.6 Å². The van der Waals surface area contributed by atoms with Crippen LogP contribution in [-0.2, 0) is 4.79 Å². The summed E-state index contributed by atoms with van der Waals surface area (Å²) in [5.41, 5.74) is 1.46. The summed E-state index contributed by atoms with van der Waals surface area (Å²) < 4.78 is 5.94. The van der Waals surface area contributed by atoms with Gasteiger partial charge in [-0.25, -0.2) is 9.97 Å². The van der Waals surface area contributed by atoms with Crippen molar-refractivity contribution in [3.05, 3.63) is 36.8 Å². The van der Waals surface area contributed by atoms with Gasteiger partial charge in [0.2, 0.25) is 5.91 Å². The first kappa shape index (κ1) is 18.3. The molecule has 1 heterocycles. The van der Waals surface area contributed by atoms with Crippen LogP contribution in [0.2, 0.25) is 0 Å². The van der Waals surface area contributed by atoms with Gasteiger partial charge in [0.05, 0.1) is 17.8 Å². The van der Waals surface area contributed by atoms with E-state index in [2.05, 4.69) is 34.0 Å². The zero-order valence-electron chi connectivity index (χ0n) is 15.4. The third-order valence-electron chi connectivity index (χ3n) is 4.56. The Bertz CT molecular complexity index is 782. The van der Waals surface area contributed by atoms with E-state index in [0.29, 0.717) is 24.0 Å². The smallest absolute Gasteiger partial charge is 0.248 e. The maximum absolute atomic E-state index is 12.3. The second kappa shape index (κ2) is 8.76. The average molecular weight is 354 g/mol. The van der Waals surface area contributed by atoms with Crippen LogP contribution in [0.5, 0.6) is 5.75 Å². The summed E-state index contributed by atoms with van der Waals surface area (Å²) >= 11 is 0. The minimum absolute atomic E-state index is 0.162. The van der Waals surface area contributed by atoms with Crippen molar-refractivity contribution in [2.24, 2.45) is 5.92 Å². The molecule has 1 aromatic carbocycles. The summed E-state index contributed by atoms with van der Waals surface area (Å²) in [5.74, 6) is 1.13. The van der Waals surface area contributed by atoms with Crippen molar-refractivity contribution in [1.82, 2.24) is 14.9 Å². The number of hydrogen-bond acceptors (Lipinski definition) is 5. The molecule has 1 aliphatic rings. The third kappa shape index (κ3) is 5.02. The van der Waals surface area contributed by atoms with E-state index in [0.717, 1.165) is 30.5 Å². The second-order valence-electron chi connectivity index (χ2n) is 6.56. The van der Waals surface area contributed by atoms with Gasteiger partial charge in [-0.2, -0.15) is 0 Å². The fourth-order valence-electron chi connectivity index (χ4n) is 2.68. The zero-order valence-corrected chi connectivity index (χ0v) is 15.4.